The zero-order chi connectivity index (χ0) is 16.3. The van der Waals surface area contributed by atoms with Gasteiger partial charge in [-0.2, -0.15) is 0 Å². The topological polar surface area (TPSA) is 75.4 Å². The maximum Gasteiger partial charge on any atom is 0.277 e. The van der Waals surface area contributed by atoms with E-state index < -0.39 is 30.8 Å². The van der Waals surface area contributed by atoms with E-state index in [-0.39, 0.29) is 18.9 Å². The molecule has 0 aliphatic carbocycles. The third kappa shape index (κ3) is 3.79. The van der Waals surface area contributed by atoms with Crippen molar-refractivity contribution in [3.05, 3.63) is 29.8 Å². The van der Waals surface area contributed by atoms with Crippen molar-refractivity contribution >= 4 is 17.5 Å². The van der Waals surface area contributed by atoms with Crippen LogP contribution in [0.5, 0.6) is 0 Å². The number of hydrogen-bond acceptors (Lipinski definition) is 3. The average molecular weight is 311 g/mol. The molecule has 1 heterocycles. The summed E-state index contributed by atoms with van der Waals surface area (Å²) >= 11 is 0. The molecule has 22 heavy (non-hydrogen) atoms. The fraction of sp³-hybridized carbons (Fsp3) is 0.467. The summed E-state index contributed by atoms with van der Waals surface area (Å²) in [5, 5.41) is 2.17. The Bertz CT molecular complexity index is 560. The Hall–Kier alpha value is -2.02. The van der Waals surface area contributed by atoms with E-state index in [1.54, 1.807) is 12.1 Å². The second kappa shape index (κ2) is 6.39. The fourth-order valence-electron chi connectivity index (χ4n) is 2.29. The molecular weight excluding hydrogens is 292 g/mol. The van der Waals surface area contributed by atoms with E-state index in [4.69, 9.17) is 5.73 Å². The summed E-state index contributed by atoms with van der Waals surface area (Å²) in [4.78, 5) is 25.4. The highest BCUT2D eigenvalue weighted by molar-refractivity contribution is 6.00. The maximum atomic E-state index is 13.0. The van der Waals surface area contributed by atoms with Crippen LogP contribution in [0.1, 0.15) is 12.0 Å². The normalized spacial score (nSPS) is 18.6. The lowest BCUT2D eigenvalue weighted by Crippen LogP contribution is -2.44. The lowest BCUT2D eigenvalue weighted by Gasteiger charge is -2.18. The van der Waals surface area contributed by atoms with Gasteiger partial charge in [-0.25, -0.2) is 8.78 Å². The number of benzene rings is 1. The van der Waals surface area contributed by atoms with Crippen LogP contribution in [-0.4, -0.2) is 37.4 Å². The number of carbonyl (C=O) groups excluding carboxylic acids is 2. The van der Waals surface area contributed by atoms with Gasteiger partial charge in [0.15, 0.2) is 0 Å². The first-order chi connectivity index (χ1) is 10.3. The number of hydrogen-bond donors (Lipinski definition) is 2. The van der Waals surface area contributed by atoms with Crippen molar-refractivity contribution in [3.8, 4) is 0 Å². The first-order valence-electron chi connectivity index (χ1n) is 7.05. The highest BCUT2D eigenvalue weighted by atomic mass is 19.3. The van der Waals surface area contributed by atoms with E-state index in [0.29, 0.717) is 5.69 Å². The zero-order valence-electron chi connectivity index (χ0n) is 12.3. The van der Waals surface area contributed by atoms with Crippen molar-refractivity contribution in [2.45, 2.75) is 19.3 Å². The number of carbonyl (C=O) groups is 2. The van der Waals surface area contributed by atoms with Crippen molar-refractivity contribution in [2.75, 3.05) is 24.5 Å². The number of aryl methyl sites for hydroxylation is 1. The maximum absolute atomic E-state index is 13.0. The van der Waals surface area contributed by atoms with E-state index in [9.17, 15) is 18.4 Å². The molecule has 0 aromatic heterocycles. The van der Waals surface area contributed by atoms with Crippen molar-refractivity contribution in [2.24, 2.45) is 11.7 Å². The Morgan fingerprint density at radius 3 is 2.64 bits per heavy atom. The minimum Gasteiger partial charge on any atom is -0.350 e. The summed E-state index contributed by atoms with van der Waals surface area (Å²) < 4.78 is 26.1. The van der Waals surface area contributed by atoms with Crippen LogP contribution in [-0.2, 0) is 9.59 Å². The van der Waals surface area contributed by atoms with Crippen LogP contribution in [0, 0.1) is 12.8 Å². The molecule has 1 aliphatic heterocycles. The van der Waals surface area contributed by atoms with Crippen molar-refractivity contribution in [1.29, 1.82) is 0 Å². The number of nitrogens with zero attached hydrogens (tertiary/aromatic N) is 1. The van der Waals surface area contributed by atoms with Crippen LogP contribution in [0.25, 0.3) is 0 Å². The highest BCUT2D eigenvalue weighted by Crippen LogP contribution is 2.25. The number of nitrogens with one attached hydrogen (secondary N) is 1. The smallest absolute Gasteiger partial charge is 0.277 e. The molecule has 1 saturated heterocycles. The van der Waals surface area contributed by atoms with Gasteiger partial charge in [-0.05, 0) is 19.1 Å². The van der Waals surface area contributed by atoms with Crippen LogP contribution in [0.3, 0.4) is 0 Å². The van der Waals surface area contributed by atoms with E-state index in [1.165, 1.54) is 4.90 Å². The quantitative estimate of drug-likeness (QED) is 0.854. The van der Waals surface area contributed by atoms with Crippen LogP contribution in [0.2, 0.25) is 0 Å². The number of halogens is 2. The summed E-state index contributed by atoms with van der Waals surface area (Å²) in [6.07, 6.45) is 0.0217. The van der Waals surface area contributed by atoms with E-state index in [1.807, 2.05) is 19.1 Å². The monoisotopic (exact) mass is 311 g/mol. The molecule has 2 amide bonds. The van der Waals surface area contributed by atoms with Gasteiger partial charge in [0.05, 0.1) is 19.0 Å². The Morgan fingerprint density at radius 1 is 1.41 bits per heavy atom. The highest BCUT2D eigenvalue weighted by Gasteiger charge is 2.36. The van der Waals surface area contributed by atoms with Crippen molar-refractivity contribution in [1.82, 2.24) is 5.32 Å². The van der Waals surface area contributed by atoms with Gasteiger partial charge in [0.1, 0.15) is 0 Å². The third-order valence-electron chi connectivity index (χ3n) is 3.66. The number of amides is 2. The van der Waals surface area contributed by atoms with Gasteiger partial charge in [0, 0.05) is 18.7 Å². The largest absolute Gasteiger partial charge is 0.350 e. The molecule has 1 unspecified atom stereocenters. The van der Waals surface area contributed by atoms with Gasteiger partial charge in [-0.3, -0.25) is 9.59 Å². The van der Waals surface area contributed by atoms with Crippen LogP contribution < -0.4 is 16.0 Å². The number of rotatable bonds is 5. The second-order valence-electron chi connectivity index (χ2n) is 5.52. The first-order valence-corrected chi connectivity index (χ1v) is 7.05. The number of alkyl halides is 2. The number of anilines is 1. The van der Waals surface area contributed by atoms with Gasteiger partial charge in [0.25, 0.3) is 5.92 Å². The molecule has 1 fully saturated rings. The molecule has 2 rings (SSSR count). The first kappa shape index (κ1) is 16.4. The SMILES string of the molecule is Cc1ccc(N2CC(C(=O)NCC(F)(F)CN)CC2=O)cc1. The van der Waals surface area contributed by atoms with Crippen molar-refractivity contribution < 1.29 is 18.4 Å². The Balaban J connectivity index is 1.97. The van der Waals surface area contributed by atoms with Crippen LogP contribution >= 0.6 is 0 Å². The molecule has 120 valence electrons. The molecule has 1 aliphatic rings. The van der Waals surface area contributed by atoms with Gasteiger partial charge >= 0.3 is 0 Å². The molecule has 0 spiro atoms. The molecule has 3 N–H and O–H groups in total. The molecule has 7 heteroatoms. The summed E-state index contributed by atoms with van der Waals surface area (Å²) in [6.45, 7) is 0.495. The van der Waals surface area contributed by atoms with E-state index in [0.717, 1.165) is 5.56 Å². The molecule has 0 bridgehead atoms. The van der Waals surface area contributed by atoms with E-state index >= 15 is 0 Å². The molecular formula is C15H19F2N3O2. The van der Waals surface area contributed by atoms with Gasteiger partial charge in [-0.1, -0.05) is 17.7 Å². The van der Waals surface area contributed by atoms with Gasteiger partial charge < -0.3 is 16.0 Å². The molecule has 0 radical (unpaired) electrons. The Kier molecular flexibility index (Phi) is 4.75. The fourth-order valence-corrected chi connectivity index (χ4v) is 2.29. The van der Waals surface area contributed by atoms with Gasteiger partial charge in [0.2, 0.25) is 11.8 Å². The summed E-state index contributed by atoms with van der Waals surface area (Å²) in [5.41, 5.74) is 6.68. The van der Waals surface area contributed by atoms with Crippen LogP contribution in [0.15, 0.2) is 24.3 Å². The summed E-state index contributed by atoms with van der Waals surface area (Å²) in [5.74, 6) is -4.48. The lowest BCUT2D eigenvalue weighted by atomic mass is 10.1. The third-order valence-corrected chi connectivity index (χ3v) is 3.66. The summed E-state index contributed by atoms with van der Waals surface area (Å²) in [7, 11) is 0. The predicted molar refractivity (Wildman–Crippen MR) is 78.7 cm³/mol. The zero-order valence-corrected chi connectivity index (χ0v) is 12.3. The van der Waals surface area contributed by atoms with E-state index in [2.05, 4.69) is 5.32 Å². The molecule has 1 aromatic rings. The molecule has 0 saturated carbocycles. The Labute approximate surface area is 127 Å². The molecule has 1 aromatic carbocycles. The number of nitrogens with two attached hydrogens (primary N) is 1. The minimum absolute atomic E-state index is 0.0217. The average Bonchev–Trinajstić information content (AvgIpc) is 2.88. The standard InChI is InChI=1S/C15H19F2N3O2/c1-10-2-4-12(5-3-10)20-7-11(6-13(20)21)14(22)19-9-15(16,17)8-18/h2-5,11H,6-9,18H2,1H3,(H,19,22). The van der Waals surface area contributed by atoms with Gasteiger partial charge in [-0.15, -0.1) is 0 Å². The van der Waals surface area contributed by atoms with Crippen molar-refractivity contribution in [3.63, 3.8) is 0 Å². The molecule has 1 atom stereocenters. The lowest BCUT2D eigenvalue weighted by molar-refractivity contribution is -0.127. The predicted octanol–water partition coefficient (Wildman–Crippen LogP) is 1.06. The van der Waals surface area contributed by atoms with Crippen LogP contribution in [0.4, 0.5) is 14.5 Å². The summed E-state index contributed by atoms with van der Waals surface area (Å²) in [6, 6.07) is 7.35. The minimum atomic E-state index is -3.13. The molecule has 5 nitrogen and oxygen atoms in total. The second-order valence-corrected chi connectivity index (χ2v) is 5.52. The Morgan fingerprint density at radius 2 is 2.05 bits per heavy atom.